The number of carbonyl (C=O) groups is 1. The highest BCUT2D eigenvalue weighted by atomic mass is 79.9. The molecular weight excluding hydrogens is 307 g/mol. The molecule has 90 valence electrons. The van der Waals surface area contributed by atoms with Crippen LogP contribution in [0.4, 0.5) is 0 Å². The highest BCUT2D eigenvalue weighted by Crippen LogP contribution is 2.23. The lowest BCUT2D eigenvalue weighted by Gasteiger charge is -2.01. The Kier molecular flexibility index (Phi) is 3.40. The molecule has 0 spiro atoms. The Balaban J connectivity index is 2.28. The first-order chi connectivity index (χ1) is 8.00. The van der Waals surface area contributed by atoms with Gasteiger partial charge in [-0.25, -0.2) is 0 Å². The molecule has 0 aliphatic heterocycles. The summed E-state index contributed by atoms with van der Waals surface area (Å²) in [6.45, 7) is 1.81. The summed E-state index contributed by atoms with van der Waals surface area (Å²) in [4.78, 5) is 12.0. The van der Waals surface area contributed by atoms with Gasteiger partial charge in [0.2, 0.25) is 0 Å². The number of Topliss-reactive ketones (excluding diaryl/α,β-unsaturated/α-hetero) is 1. The average molecular weight is 318 g/mol. The van der Waals surface area contributed by atoms with Gasteiger partial charge in [-0.2, -0.15) is 5.10 Å². The molecule has 6 heteroatoms. The van der Waals surface area contributed by atoms with Crippen molar-refractivity contribution in [3.8, 4) is 0 Å². The van der Waals surface area contributed by atoms with Crippen molar-refractivity contribution in [2.75, 3.05) is 0 Å². The molecule has 0 saturated carbocycles. The minimum atomic E-state index is -0.0597. The molecule has 4 nitrogen and oxygen atoms in total. The standard InChI is InChI=1S/C11H10BrClN2O2/c1-6-10(13)8(15(2)14-6)5-9(16)7-3-4-17-11(7)12/h3-4H,5H2,1-2H3. The van der Waals surface area contributed by atoms with E-state index in [1.165, 1.54) is 6.26 Å². The van der Waals surface area contributed by atoms with E-state index in [1.54, 1.807) is 17.8 Å². The van der Waals surface area contributed by atoms with Crippen LogP contribution in [0.1, 0.15) is 21.7 Å². The van der Waals surface area contributed by atoms with E-state index in [9.17, 15) is 4.79 Å². The van der Waals surface area contributed by atoms with Gasteiger partial charge in [-0.05, 0) is 28.9 Å². The normalized spacial score (nSPS) is 10.8. The van der Waals surface area contributed by atoms with E-state index in [4.69, 9.17) is 16.0 Å². The molecule has 0 aromatic carbocycles. The fourth-order valence-corrected chi connectivity index (χ4v) is 2.30. The Bertz CT molecular complexity index is 574. The molecular formula is C11H10BrClN2O2. The minimum Gasteiger partial charge on any atom is -0.457 e. The Morgan fingerprint density at radius 2 is 2.35 bits per heavy atom. The number of carbonyl (C=O) groups excluding carboxylic acids is 1. The van der Waals surface area contributed by atoms with Crippen LogP contribution in [0.3, 0.4) is 0 Å². The zero-order chi connectivity index (χ0) is 12.6. The van der Waals surface area contributed by atoms with E-state index in [0.29, 0.717) is 20.9 Å². The zero-order valence-electron chi connectivity index (χ0n) is 9.33. The third-order valence-electron chi connectivity index (χ3n) is 2.51. The fraction of sp³-hybridized carbons (Fsp3) is 0.273. The summed E-state index contributed by atoms with van der Waals surface area (Å²) in [5.74, 6) is -0.0597. The van der Waals surface area contributed by atoms with Crippen molar-refractivity contribution < 1.29 is 9.21 Å². The predicted octanol–water partition coefficient (Wildman–Crippen LogP) is 3.16. The second-order valence-corrected chi connectivity index (χ2v) is 4.78. The number of hydrogen-bond donors (Lipinski definition) is 0. The molecule has 2 aromatic rings. The van der Waals surface area contributed by atoms with E-state index < -0.39 is 0 Å². The summed E-state index contributed by atoms with van der Waals surface area (Å²) in [6.07, 6.45) is 1.67. The summed E-state index contributed by atoms with van der Waals surface area (Å²) in [6, 6.07) is 1.63. The first-order valence-electron chi connectivity index (χ1n) is 4.95. The zero-order valence-corrected chi connectivity index (χ0v) is 11.7. The maximum atomic E-state index is 12.0. The van der Waals surface area contributed by atoms with E-state index in [2.05, 4.69) is 21.0 Å². The van der Waals surface area contributed by atoms with Crippen LogP contribution in [0.5, 0.6) is 0 Å². The number of furan rings is 1. The van der Waals surface area contributed by atoms with Gasteiger partial charge >= 0.3 is 0 Å². The number of halogens is 2. The van der Waals surface area contributed by atoms with Crippen molar-refractivity contribution in [2.24, 2.45) is 7.05 Å². The predicted molar refractivity (Wildman–Crippen MR) is 67.4 cm³/mol. The SMILES string of the molecule is Cc1nn(C)c(CC(=O)c2ccoc2Br)c1Cl. The molecule has 2 rings (SSSR count). The fourth-order valence-electron chi connectivity index (χ4n) is 1.61. The summed E-state index contributed by atoms with van der Waals surface area (Å²) in [7, 11) is 1.77. The summed E-state index contributed by atoms with van der Waals surface area (Å²) in [5, 5.41) is 4.71. The molecule has 0 amide bonds. The highest BCUT2D eigenvalue weighted by molar-refractivity contribution is 9.10. The van der Waals surface area contributed by atoms with Gasteiger partial charge in [0.25, 0.3) is 0 Å². The third kappa shape index (κ3) is 2.30. The number of ketones is 1. The van der Waals surface area contributed by atoms with Crippen LogP contribution in [-0.4, -0.2) is 15.6 Å². The van der Waals surface area contributed by atoms with Crippen molar-refractivity contribution in [3.05, 3.63) is 39.0 Å². The van der Waals surface area contributed by atoms with E-state index >= 15 is 0 Å². The molecule has 0 saturated heterocycles. The van der Waals surface area contributed by atoms with E-state index in [0.717, 1.165) is 5.69 Å². The van der Waals surface area contributed by atoms with Gasteiger partial charge < -0.3 is 4.42 Å². The second kappa shape index (κ2) is 4.66. The first kappa shape index (κ1) is 12.4. The van der Waals surface area contributed by atoms with Gasteiger partial charge in [0.1, 0.15) is 0 Å². The van der Waals surface area contributed by atoms with Crippen LogP contribution in [0.25, 0.3) is 0 Å². The van der Waals surface area contributed by atoms with E-state index in [-0.39, 0.29) is 12.2 Å². The Morgan fingerprint density at radius 1 is 1.65 bits per heavy atom. The monoisotopic (exact) mass is 316 g/mol. The van der Waals surface area contributed by atoms with Crippen molar-refractivity contribution >= 4 is 33.3 Å². The lowest BCUT2D eigenvalue weighted by Crippen LogP contribution is -2.08. The second-order valence-electron chi connectivity index (χ2n) is 3.68. The van der Waals surface area contributed by atoms with Gasteiger partial charge in [0.05, 0.1) is 34.7 Å². The smallest absolute Gasteiger partial charge is 0.179 e. The Morgan fingerprint density at radius 3 is 2.82 bits per heavy atom. The summed E-state index contributed by atoms with van der Waals surface area (Å²) < 4.78 is 7.10. The van der Waals surface area contributed by atoms with Crippen molar-refractivity contribution in [2.45, 2.75) is 13.3 Å². The number of hydrogen-bond acceptors (Lipinski definition) is 3. The maximum absolute atomic E-state index is 12.0. The van der Waals surface area contributed by atoms with Crippen LogP contribution in [0.15, 0.2) is 21.4 Å². The molecule has 0 aliphatic rings. The van der Waals surface area contributed by atoms with Crippen LogP contribution in [0.2, 0.25) is 5.02 Å². The molecule has 0 unspecified atom stereocenters. The number of nitrogens with zero attached hydrogens (tertiary/aromatic N) is 2. The van der Waals surface area contributed by atoms with Crippen LogP contribution in [-0.2, 0) is 13.5 Å². The lowest BCUT2D eigenvalue weighted by atomic mass is 10.1. The first-order valence-corrected chi connectivity index (χ1v) is 6.12. The third-order valence-corrected chi connectivity index (χ3v) is 3.61. The van der Waals surface area contributed by atoms with Crippen LogP contribution >= 0.6 is 27.5 Å². The van der Waals surface area contributed by atoms with E-state index in [1.807, 2.05) is 6.92 Å². The summed E-state index contributed by atoms with van der Waals surface area (Å²) in [5.41, 5.74) is 1.95. The Hall–Kier alpha value is -1.07. The van der Waals surface area contributed by atoms with Gasteiger partial charge in [0.15, 0.2) is 10.5 Å². The van der Waals surface area contributed by atoms with Gasteiger partial charge in [-0.1, -0.05) is 11.6 Å². The number of rotatable bonds is 3. The topological polar surface area (TPSA) is 48.0 Å². The Labute approximate surface area is 112 Å². The molecule has 0 bridgehead atoms. The molecule has 17 heavy (non-hydrogen) atoms. The number of aryl methyl sites for hydroxylation is 2. The quantitative estimate of drug-likeness (QED) is 0.817. The molecule has 2 heterocycles. The molecule has 0 radical (unpaired) electrons. The average Bonchev–Trinajstić information content (AvgIpc) is 2.78. The maximum Gasteiger partial charge on any atom is 0.179 e. The van der Waals surface area contributed by atoms with Crippen molar-refractivity contribution in [1.29, 1.82) is 0 Å². The largest absolute Gasteiger partial charge is 0.457 e. The van der Waals surface area contributed by atoms with Crippen molar-refractivity contribution in [3.63, 3.8) is 0 Å². The highest BCUT2D eigenvalue weighted by Gasteiger charge is 2.18. The van der Waals surface area contributed by atoms with Gasteiger partial charge in [-0.3, -0.25) is 9.48 Å². The molecule has 0 atom stereocenters. The lowest BCUT2D eigenvalue weighted by molar-refractivity contribution is 0.0989. The molecule has 0 aliphatic carbocycles. The van der Waals surface area contributed by atoms with Gasteiger partial charge in [0, 0.05) is 7.05 Å². The summed E-state index contributed by atoms with van der Waals surface area (Å²) >= 11 is 9.27. The molecule has 0 fully saturated rings. The molecule has 0 N–H and O–H groups in total. The van der Waals surface area contributed by atoms with Gasteiger partial charge in [-0.15, -0.1) is 0 Å². The number of aromatic nitrogens is 2. The molecule has 2 aromatic heterocycles. The van der Waals surface area contributed by atoms with Crippen LogP contribution in [0, 0.1) is 6.92 Å². The van der Waals surface area contributed by atoms with Crippen molar-refractivity contribution in [1.82, 2.24) is 9.78 Å². The van der Waals surface area contributed by atoms with Crippen LogP contribution < -0.4 is 0 Å². The minimum absolute atomic E-state index is 0.0597.